The van der Waals surface area contributed by atoms with E-state index in [9.17, 15) is 61.0 Å². The molecule has 2 aliphatic heterocycles. The molecule has 2 aromatic carbocycles. The first kappa shape index (κ1) is 29.2. The van der Waals surface area contributed by atoms with Crippen molar-refractivity contribution in [2.24, 2.45) is 0 Å². The third-order valence-corrected chi connectivity index (χ3v) is 7.30. The summed E-state index contributed by atoms with van der Waals surface area (Å²) in [7, 11) is 0. The maximum atomic E-state index is 13.5. The molecule has 224 valence electrons. The first-order valence-electron chi connectivity index (χ1n) is 12.4. The number of fused-ring (bicyclic) bond motifs is 2. The molecule has 0 radical (unpaired) electrons. The Kier molecular flexibility index (Phi) is 7.72. The van der Waals surface area contributed by atoms with Gasteiger partial charge in [-0.15, -0.1) is 0 Å². The molecule has 41 heavy (non-hydrogen) atoms. The monoisotopic (exact) mass is 584 g/mol. The van der Waals surface area contributed by atoms with Crippen molar-refractivity contribution >= 4 is 21.9 Å². The molecule has 0 aliphatic carbocycles. The van der Waals surface area contributed by atoms with E-state index in [4.69, 9.17) is 18.6 Å². The molecule has 0 saturated carbocycles. The third kappa shape index (κ3) is 4.73. The Bertz CT molecular complexity index is 1500. The zero-order valence-electron chi connectivity index (χ0n) is 20.9. The number of hydrogen-bond donors (Lipinski definition) is 11. The average molecular weight is 584 g/mol. The minimum Gasteiger partial charge on any atom is -0.507 e. The molecule has 3 heterocycles. The van der Waals surface area contributed by atoms with E-state index >= 15 is 0 Å². The van der Waals surface area contributed by atoms with E-state index in [0.717, 1.165) is 18.2 Å². The fourth-order valence-corrected chi connectivity index (χ4v) is 5.02. The summed E-state index contributed by atoms with van der Waals surface area (Å²) in [4.78, 5) is 13.5. The molecule has 16 heteroatoms. The Balaban J connectivity index is 1.60. The first-order valence-corrected chi connectivity index (χ1v) is 12.4. The number of aromatic hydroxyl groups is 3. The molecular weight excluding hydrogens is 556 g/mol. The van der Waals surface area contributed by atoms with Gasteiger partial charge in [0.25, 0.3) is 0 Å². The number of phenolic OH excluding ortho intramolecular Hbond substituents is 3. The number of phenols is 3. The molecule has 16 nitrogen and oxygen atoms in total. The van der Waals surface area contributed by atoms with Crippen LogP contribution in [-0.2, 0) is 9.47 Å². The standard InChI is InChI=1S/C25H28O16/c26-4-12-17(31)20(34)22(36)24(39-12)14-8(29)3-11-15(19(14)33)16(30)6-1-10(7(28)2-9(6)38-11)40-25-23(37)21(35)18(32)13(5-27)41-25/h1-3,12-13,17-18,20-29,31-37H,4-5H2/t12-,13-,17-,18-,20-,21-,22-,23-,24-,25+/m1/s1. The van der Waals surface area contributed by atoms with E-state index in [1.807, 2.05) is 0 Å². The summed E-state index contributed by atoms with van der Waals surface area (Å²) in [6.07, 6.45) is -16.9. The Hall–Kier alpha value is -3.29. The normalized spacial score (nSPS) is 34.2. The lowest BCUT2D eigenvalue weighted by molar-refractivity contribution is -0.277. The Morgan fingerprint density at radius 3 is 1.93 bits per heavy atom. The van der Waals surface area contributed by atoms with Gasteiger partial charge in [0.2, 0.25) is 11.7 Å². The van der Waals surface area contributed by atoms with E-state index in [0.29, 0.717) is 0 Å². The highest BCUT2D eigenvalue weighted by Crippen LogP contribution is 2.45. The van der Waals surface area contributed by atoms with Crippen LogP contribution >= 0.6 is 0 Å². The van der Waals surface area contributed by atoms with Crippen molar-refractivity contribution in [1.82, 2.24) is 0 Å². The molecule has 2 aliphatic rings. The maximum Gasteiger partial charge on any atom is 0.229 e. The van der Waals surface area contributed by atoms with E-state index in [-0.39, 0.29) is 16.6 Å². The quantitative estimate of drug-likeness (QED) is 0.131. The van der Waals surface area contributed by atoms with E-state index in [1.165, 1.54) is 0 Å². The minimum absolute atomic E-state index is 0.236. The molecular formula is C25H28O16. The van der Waals surface area contributed by atoms with Gasteiger partial charge in [-0.05, 0) is 6.07 Å². The second-order valence-corrected chi connectivity index (χ2v) is 9.84. The van der Waals surface area contributed by atoms with Crippen molar-refractivity contribution in [3.05, 3.63) is 34.0 Å². The molecule has 0 unspecified atom stereocenters. The second-order valence-electron chi connectivity index (χ2n) is 9.84. The minimum atomic E-state index is -1.90. The highest BCUT2D eigenvalue weighted by Gasteiger charge is 2.47. The van der Waals surface area contributed by atoms with Crippen LogP contribution in [0.1, 0.15) is 11.7 Å². The van der Waals surface area contributed by atoms with Crippen molar-refractivity contribution in [3.63, 3.8) is 0 Å². The van der Waals surface area contributed by atoms with Crippen molar-refractivity contribution in [2.75, 3.05) is 13.2 Å². The molecule has 2 fully saturated rings. The van der Waals surface area contributed by atoms with Crippen LogP contribution in [-0.4, -0.2) is 125 Å². The fourth-order valence-electron chi connectivity index (χ4n) is 5.02. The van der Waals surface area contributed by atoms with Crippen LogP contribution in [0.3, 0.4) is 0 Å². The van der Waals surface area contributed by atoms with Crippen molar-refractivity contribution < 1.29 is 74.8 Å². The SMILES string of the molecule is O=c1c2cc(O[C@H]3O[C@H](CO)[C@@H](O)[C@@H](O)[C@H]3O)c(O)cc2oc2cc(O)c([C@H]3O[C@H](CO)[C@@H](O)[C@@H](O)[C@H]3O)c(O)c12. The summed E-state index contributed by atoms with van der Waals surface area (Å²) in [5, 5.41) is 111. The number of aliphatic hydroxyl groups excluding tert-OH is 8. The zero-order valence-corrected chi connectivity index (χ0v) is 20.9. The molecule has 3 aromatic rings. The number of hydrogen-bond acceptors (Lipinski definition) is 16. The predicted octanol–water partition coefficient (Wildman–Crippen LogP) is -3.24. The molecule has 2 saturated heterocycles. The summed E-state index contributed by atoms with van der Waals surface area (Å²) in [6, 6.07) is 2.84. The zero-order chi connectivity index (χ0) is 29.9. The molecule has 5 rings (SSSR count). The van der Waals surface area contributed by atoms with Crippen LogP contribution in [0.4, 0.5) is 0 Å². The summed E-state index contributed by atoms with van der Waals surface area (Å²) in [5.41, 5.74) is -2.06. The lowest BCUT2D eigenvalue weighted by Crippen LogP contribution is -2.60. The third-order valence-electron chi connectivity index (χ3n) is 7.30. The van der Waals surface area contributed by atoms with Gasteiger partial charge in [-0.3, -0.25) is 4.79 Å². The highest BCUT2D eigenvalue weighted by atomic mass is 16.7. The predicted molar refractivity (Wildman–Crippen MR) is 132 cm³/mol. The van der Waals surface area contributed by atoms with Crippen LogP contribution in [0.25, 0.3) is 21.9 Å². The molecule has 0 spiro atoms. The number of rotatable bonds is 5. The summed E-state index contributed by atoms with van der Waals surface area (Å²) in [6.45, 7) is -1.53. The van der Waals surface area contributed by atoms with Crippen molar-refractivity contribution in [2.45, 2.75) is 61.2 Å². The highest BCUT2D eigenvalue weighted by molar-refractivity contribution is 5.96. The van der Waals surface area contributed by atoms with Crippen LogP contribution < -0.4 is 10.2 Å². The summed E-state index contributed by atoms with van der Waals surface area (Å²) in [5.74, 6) is -2.72. The summed E-state index contributed by atoms with van der Waals surface area (Å²) >= 11 is 0. The van der Waals surface area contributed by atoms with Crippen LogP contribution in [0.15, 0.2) is 27.4 Å². The van der Waals surface area contributed by atoms with Gasteiger partial charge in [0.15, 0.2) is 11.5 Å². The number of benzene rings is 2. The molecule has 0 bridgehead atoms. The van der Waals surface area contributed by atoms with E-state index < -0.39 is 114 Å². The van der Waals surface area contributed by atoms with Crippen molar-refractivity contribution in [1.29, 1.82) is 0 Å². The Labute approximate surface area is 228 Å². The van der Waals surface area contributed by atoms with Gasteiger partial charge in [0, 0.05) is 12.1 Å². The number of aliphatic hydroxyl groups is 8. The van der Waals surface area contributed by atoms with Gasteiger partial charge in [-0.25, -0.2) is 0 Å². The van der Waals surface area contributed by atoms with Crippen LogP contribution in [0, 0.1) is 0 Å². The topological polar surface area (TPSA) is 280 Å². The summed E-state index contributed by atoms with van der Waals surface area (Å²) < 4.78 is 21.7. The van der Waals surface area contributed by atoms with Gasteiger partial charge in [0.1, 0.15) is 83.0 Å². The van der Waals surface area contributed by atoms with Gasteiger partial charge in [0.05, 0.1) is 24.2 Å². The van der Waals surface area contributed by atoms with Crippen LogP contribution in [0.2, 0.25) is 0 Å². The maximum absolute atomic E-state index is 13.5. The van der Waals surface area contributed by atoms with Crippen molar-refractivity contribution in [3.8, 4) is 23.0 Å². The average Bonchev–Trinajstić information content (AvgIpc) is 2.93. The molecule has 0 amide bonds. The lowest BCUT2D eigenvalue weighted by Gasteiger charge is -2.40. The van der Waals surface area contributed by atoms with E-state index in [1.54, 1.807) is 0 Å². The van der Waals surface area contributed by atoms with E-state index in [2.05, 4.69) is 0 Å². The lowest BCUT2D eigenvalue weighted by atomic mass is 9.89. The van der Waals surface area contributed by atoms with Gasteiger partial charge in [-0.1, -0.05) is 0 Å². The molecule has 10 atom stereocenters. The molecule has 1 aromatic heterocycles. The largest absolute Gasteiger partial charge is 0.507 e. The smallest absolute Gasteiger partial charge is 0.229 e. The van der Waals surface area contributed by atoms with Gasteiger partial charge in [-0.2, -0.15) is 0 Å². The Morgan fingerprint density at radius 1 is 0.707 bits per heavy atom. The van der Waals surface area contributed by atoms with Gasteiger partial charge < -0.3 is 74.8 Å². The Morgan fingerprint density at radius 2 is 1.29 bits per heavy atom. The van der Waals surface area contributed by atoms with Crippen LogP contribution in [0.5, 0.6) is 23.0 Å². The number of ether oxygens (including phenoxy) is 3. The second kappa shape index (κ2) is 10.8. The molecule has 11 N–H and O–H groups in total. The van der Waals surface area contributed by atoms with Gasteiger partial charge >= 0.3 is 0 Å². The first-order chi connectivity index (χ1) is 19.4. The fraction of sp³-hybridized carbons (Fsp3) is 0.480.